The minimum absolute atomic E-state index is 0.115. The van der Waals surface area contributed by atoms with Gasteiger partial charge in [-0.2, -0.15) is 0 Å². The standard InChI is InChI=1S/C11H7Cl2NOS2/c1-14-10(15)8(17-11(14)16)5-6-3-2-4-7(12)9(6)13/h2-5H,1H3. The fourth-order valence-electron chi connectivity index (χ4n) is 1.32. The van der Waals surface area contributed by atoms with E-state index in [0.29, 0.717) is 24.8 Å². The maximum Gasteiger partial charge on any atom is 0.265 e. The van der Waals surface area contributed by atoms with Crippen LogP contribution in [0.4, 0.5) is 0 Å². The van der Waals surface area contributed by atoms with Crippen LogP contribution in [0, 0.1) is 0 Å². The van der Waals surface area contributed by atoms with E-state index < -0.39 is 0 Å². The Morgan fingerprint density at radius 1 is 1.41 bits per heavy atom. The van der Waals surface area contributed by atoms with Gasteiger partial charge in [0, 0.05) is 7.05 Å². The Bertz CT molecular complexity index is 542. The van der Waals surface area contributed by atoms with Crippen molar-refractivity contribution in [3.63, 3.8) is 0 Å². The van der Waals surface area contributed by atoms with Gasteiger partial charge in [0.1, 0.15) is 4.32 Å². The highest BCUT2D eigenvalue weighted by molar-refractivity contribution is 8.26. The average molecular weight is 304 g/mol. The third kappa shape index (κ3) is 2.50. The van der Waals surface area contributed by atoms with E-state index in [1.807, 2.05) is 0 Å². The largest absolute Gasteiger partial charge is 0.296 e. The van der Waals surface area contributed by atoms with E-state index in [1.165, 1.54) is 16.7 Å². The summed E-state index contributed by atoms with van der Waals surface area (Å²) in [5, 5.41) is 0.905. The van der Waals surface area contributed by atoms with E-state index in [1.54, 1.807) is 31.3 Å². The minimum atomic E-state index is -0.115. The quantitative estimate of drug-likeness (QED) is 0.581. The number of carbonyl (C=O) groups excluding carboxylic acids is 1. The van der Waals surface area contributed by atoms with Gasteiger partial charge < -0.3 is 0 Å². The van der Waals surface area contributed by atoms with Crippen LogP contribution in [-0.4, -0.2) is 22.2 Å². The van der Waals surface area contributed by atoms with Gasteiger partial charge in [0.05, 0.1) is 15.0 Å². The lowest BCUT2D eigenvalue weighted by Gasteiger charge is -2.04. The molecule has 17 heavy (non-hydrogen) atoms. The van der Waals surface area contributed by atoms with Crippen molar-refractivity contribution in [1.29, 1.82) is 0 Å². The lowest BCUT2D eigenvalue weighted by atomic mass is 10.2. The van der Waals surface area contributed by atoms with Crippen LogP contribution in [0.25, 0.3) is 6.08 Å². The van der Waals surface area contributed by atoms with Crippen LogP contribution in [0.5, 0.6) is 0 Å². The third-order valence-corrected chi connectivity index (χ3v) is 4.57. The summed E-state index contributed by atoms with van der Waals surface area (Å²) >= 11 is 18.2. The van der Waals surface area contributed by atoms with Crippen LogP contribution in [0.3, 0.4) is 0 Å². The molecule has 2 nitrogen and oxygen atoms in total. The Labute approximate surface area is 119 Å². The number of benzene rings is 1. The van der Waals surface area contributed by atoms with Gasteiger partial charge >= 0.3 is 0 Å². The van der Waals surface area contributed by atoms with Gasteiger partial charge in [-0.3, -0.25) is 9.69 Å². The second-order valence-electron chi connectivity index (χ2n) is 3.38. The van der Waals surface area contributed by atoms with Crippen LogP contribution in [0.2, 0.25) is 10.0 Å². The zero-order valence-corrected chi connectivity index (χ0v) is 11.9. The lowest BCUT2D eigenvalue weighted by molar-refractivity contribution is -0.121. The van der Waals surface area contributed by atoms with Crippen LogP contribution in [0.1, 0.15) is 5.56 Å². The van der Waals surface area contributed by atoms with Crippen LogP contribution in [-0.2, 0) is 4.79 Å². The van der Waals surface area contributed by atoms with Crippen molar-refractivity contribution in [3.05, 3.63) is 38.7 Å². The molecule has 6 heteroatoms. The number of nitrogens with zero attached hydrogens (tertiary/aromatic N) is 1. The molecular weight excluding hydrogens is 297 g/mol. The summed E-state index contributed by atoms with van der Waals surface area (Å²) in [5.41, 5.74) is 0.716. The van der Waals surface area contributed by atoms with Gasteiger partial charge in [0.25, 0.3) is 5.91 Å². The first-order valence-electron chi connectivity index (χ1n) is 4.66. The molecule has 0 radical (unpaired) electrons. The normalized spacial score (nSPS) is 18.3. The number of halogens is 2. The first-order chi connectivity index (χ1) is 8.00. The minimum Gasteiger partial charge on any atom is -0.296 e. The molecule has 0 aromatic heterocycles. The van der Waals surface area contributed by atoms with E-state index in [2.05, 4.69) is 0 Å². The fraction of sp³-hybridized carbons (Fsp3) is 0.0909. The summed E-state index contributed by atoms with van der Waals surface area (Å²) in [4.78, 5) is 13.8. The molecule has 1 aromatic rings. The van der Waals surface area contributed by atoms with Crippen molar-refractivity contribution in [1.82, 2.24) is 4.90 Å². The van der Waals surface area contributed by atoms with Crippen molar-refractivity contribution >= 4 is 63.5 Å². The smallest absolute Gasteiger partial charge is 0.265 e. The van der Waals surface area contributed by atoms with Gasteiger partial charge in [-0.25, -0.2) is 0 Å². The topological polar surface area (TPSA) is 20.3 Å². The number of hydrogen-bond donors (Lipinski definition) is 0. The molecule has 0 atom stereocenters. The van der Waals surface area contributed by atoms with Crippen molar-refractivity contribution in [3.8, 4) is 0 Å². The zero-order chi connectivity index (χ0) is 12.6. The van der Waals surface area contributed by atoms with Crippen molar-refractivity contribution < 1.29 is 4.79 Å². The van der Waals surface area contributed by atoms with Crippen LogP contribution >= 0.6 is 47.2 Å². The number of thiocarbonyl (C=S) groups is 1. The maximum atomic E-state index is 11.8. The number of thioether (sulfide) groups is 1. The summed E-state index contributed by atoms with van der Waals surface area (Å²) in [6.07, 6.45) is 1.71. The summed E-state index contributed by atoms with van der Waals surface area (Å²) in [6.45, 7) is 0. The van der Waals surface area contributed by atoms with Crippen molar-refractivity contribution in [2.45, 2.75) is 0 Å². The van der Waals surface area contributed by atoms with E-state index in [0.717, 1.165) is 0 Å². The van der Waals surface area contributed by atoms with Crippen LogP contribution < -0.4 is 0 Å². The summed E-state index contributed by atoms with van der Waals surface area (Å²) in [7, 11) is 1.65. The van der Waals surface area contributed by atoms with Crippen molar-refractivity contribution in [2.75, 3.05) is 7.05 Å². The summed E-state index contributed by atoms with van der Waals surface area (Å²) < 4.78 is 0.541. The predicted molar refractivity (Wildman–Crippen MR) is 77.4 cm³/mol. The highest BCUT2D eigenvalue weighted by Crippen LogP contribution is 2.34. The Kier molecular flexibility index (Phi) is 3.78. The number of hydrogen-bond acceptors (Lipinski definition) is 3. The molecular formula is C11H7Cl2NOS2. The molecule has 2 rings (SSSR count). The Balaban J connectivity index is 2.41. The van der Waals surface area contributed by atoms with Crippen molar-refractivity contribution in [2.24, 2.45) is 0 Å². The molecule has 1 amide bonds. The molecule has 0 spiro atoms. The number of likely N-dealkylation sites (N-methyl/N-ethyl adjacent to an activating group) is 1. The van der Waals surface area contributed by atoms with Gasteiger partial charge in [0.15, 0.2) is 0 Å². The molecule has 0 saturated carbocycles. The molecule has 1 fully saturated rings. The Morgan fingerprint density at radius 2 is 2.12 bits per heavy atom. The molecule has 1 aliphatic rings. The predicted octanol–water partition coefficient (Wildman–Crippen LogP) is 3.82. The van der Waals surface area contributed by atoms with Gasteiger partial charge in [-0.05, 0) is 17.7 Å². The second-order valence-corrected chi connectivity index (χ2v) is 5.84. The molecule has 1 heterocycles. The molecule has 88 valence electrons. The molecule has 1 saturated heterocycles. The number of amides is 1. The van der Waals surface area contributed by atoms with E-state index in [9.17, 15) is 4.79 Å². The zero-order valence-electron chi connectivity index (χ0n) is 8.74. The Morgan fingerprint density at radius 3 is 2.71 bits per heavy atom. The van der Waals surface area contributed by atoms with E-state index >= 15 is 0 Å². The molecule has 0 aliphatic carbocycles. The summed E-state index contributed by atoms with van der Waals surface area (Å²) in [5.74, 6) is -0.115. The number of rotatable bonds is 1. The SMILES string of the molecule is CN1C(=O)C(=Cc2cccc(Cl)c2Cl)SC1=S. The molecule has 1 aromatic carbocycles. The second kappa shape index (κ2) is 4.98. The van der Waals surface area contributed by atoms with E-state index in [-0.39, 0.29) is 5.91 Å². The van der Waals surface area contributed by atoms with Gasteiger partial charge in [0.2, 0.25) is 0 Å². The molecule has 0 N–H and O–H groups in total. The lowest BCUT2D eigenvalue weighted by Crippen LogP contribution is -2.22. The first-order valence-corrected chi connectivity index (χ1v) is 6.64. The molecule has 0 bridgehead atoms. The highest BCUT2D eigenvalue weighted by atomic mass is 35.5. The van der Waals surface area contributed by atoms with E-state index in [4.69, 9.17) is 35.4 Å². The third-order valence-electron chi connectivity index (χ3n) is 2.25. The molecule has 1 aliphatic heterocycles. The highest BCUT2D eigenvalue weighted by Gasteiger charge is 2.28. The first kappa shape index (κ1) is 12.9. The maximum absolute atomic E-state index is 11.8. The van der Waals surface area contributed by atoms with Crippen LogP contribution in [0.15, 0.2) is 23.1 Å². The Hall–Kier alpha value is -0.550. The van der Waals surface area contributed by atoms with Gasteiger partial charge in [-0.15, -0.1) is 0 Å². The van der Waals surface area contributed by atoms with Gasteiger partial charge in [-0.1, -0.05) is 59.3 Å². The molecule has 0 unspecified atom stereocenters. The average Bonchev–Trinajstić information content (AvgIpc) is 2.53. The monoisotopic (exact) mass is 303 g/mol. The summed E-state index contributed by atoms with van der Waals surface area (Å²) in [6, 6.07) is 5.29. The fourth-order valence-corrected chi connectivity index (χ4v) is 2.85. The number of carbonyl (C=O) groups is 1.